The van der Waals surface area contributed by atoms with Gasteiger partial charge in [0, 0.05) is 13.1 Å². The van der Waals surface area contributed by atoms with Gasteiger partial charge in [-0.3, -0.25) is 4.79 Å². The van der Waals surface area contributed by atoms with Gasteiger partial charge in [-0.05, 0) is 36.3 Å². The van der Waals surface area contributed by atoms with Crippen LogP contribution in [0.25, 0.3) is 0 Å². The molecule has 3 nitrogen and oxygen atoms in total. The molecule has 1 aromatic rings. The van der Waals surface area contributed by atoms with Crippen molar-refractivity contribution in [3.63, 3.8) is 0 Å². The Hall–Kier alpha value is -1.00. The fourth-order valence-corrected chi connectivity index (χ4v) is 3.50. The number of carbonyl (C=O) groups is 1. The maximum absolute atomic E-state index is 12.2. The molecule has 0 bridgehead atoms. The van der Waals surface area contributed by atoms with E-state index in [2.05, 4.69) is 35.8 Å². The maximum Gasteiger partial charge on any atom is 0.237 e. The van der Waals surface area contributed by atoms with Gasteiger partial charge in [-0.25, -0.2) is 0 Å². The van der Waals surface area contributed by atoms with Crippen molar-refractivity contribution in [3.8, 4) is 0 Å². The zero-order chi connectivity index (χ0) is 13.5. The molecule has 4 heteroatoms. The maximum atomic E-state index is 12.2. The number of nitrogens with one attached hydrogen (secondary N) is 2. The smallest absolute Gasteiger partial charge is 0.237 e. The minimum atomic E-state index is -0.0314. The lowest BCUT2D eigenvalue weighted by Gasteiger charge is -2.24. The number of thioether (sulfide) groups is 1. The average molecular weight is 278 g/mol. The first-order valence-electron chi connectivity index (χ1n) is 7.00. The Balaban J connectivity index is 1.86. The molecule has 1 atom stereocenters. The van der Waals surface area contributed by atoms with Gasteiger partial charge in [0.2, 0.25) is 5.91 Å². The van der Waals surface area contributed by atoms with Crippen LogP contribution in [0.15, 0.2) is 24.3 Å². The van der Waals surface area contributed by atoms with Crippen molar-refractivity contribution in [2.24, 2.45) is 0 Å². The predicted octanol–water partition coefficient (Wildman–Crippen LogP) is 2.13. The van der Waals surface area contributed by atoms with Crippen molar-refractivity contribution >= 4 is 17.7 Å². The predicted molar refractivity (Wildman–Crippen MR) is 81.5 cm³/mol. The van der Waals surface area contributed by atoms with E-state index in [-0.39, 0.29) is 11.2 Å². The van der Waals surface area contributed by atoms with Crippen molar-refractivity contribution in [2.75, 3.05) is 25.4 Å². The van der Waals surface area contributed by atoms with Gasteiger partial charge in [-0.15, -0.1) is 11.8 Å². The topological polar surface area (TPSA) is 41.1 Å². The minimum absolute atomic E-state index is 0.0314. The van der Waals surface area contributed by atoms with E-state index in [9.17, 15) is 4.79 Å². The van der Waals surface area contributed by atoms with E-state index in [1.54, 1.807) is 11.8 Å². The van der Waals surface area contributed by atoms with Crippen LogP contribution in [0.4, 0.5) is 0 Å². The summed E-state index contributed by atoms with van der Waals surface area (Å²) in [6.45, 7) is 4.70. The molecule has 104 valence electrons. The highest BCUT2D eigenvalue weighted by molar-refractivity contribution is 8.00. The Labute approximate surface area is 119 Å². The molecule has 1 aliphatic rings. The summed E-state index contributed by atoms with van der Waals surface area (Å²) in [7, 11) is 0. The number of amides is 1. The van der Waals surface area contributed by atoms with Crippen LogP contribution in [0.1, 0.15) is 29.7 Å². The van der Waals surface area contributed by atoms with Gasteiger partial charge in [-0.2, -0.15) is 0 Å². The number of aryl methyl sites for hydroxylation is 1. The molecule has 19 heavy (non-hydrogen) atoms. The number of benzene rings is 1. The van der Waals surface area contributed by atoms with Crippen LogP contribution in [0.3, 0.4) is 0 Å². The third-order valence-electron chi connectivity index (χ3n) is 3.26. The zero-order valence-corrected chi connectivity index (χ0v) is 12.3. The van der Waals surface area contributed by atoms with Gasteiger partial charge in [-0.1, -0.05) is 31.2 Å². The first-order chi connectivity index (χ1) is 9.33. The van der Waals surface area contributed by atoms with Crippen LogP contribution in [-0.2, 0) is 11.2 Å². The van der Waals surface area contributed by atoms with Gasteiger partial charge in [0.05, 0.1) is 0 Å². The second-order valence-corrected chi connectivity index (χ2v) is 5.95. The Morgan fingerprint density at radius 3 is 3.00 bits per heavy atom. The molecule has 0 aliphatic carbocycles. The molecule has 2 N–H and O–H groups in total. The summed E-state index contributed by atoms with van der Waals surface area (Å²) in [6.07, 6.45) is 2.20. The van der Waals surface area contributed by atoms with Gasteiger partial charge >= 0.3 is 0 Å². The van der Waals surface area contributed by atoms with Gasteiger partial charge in [0.15, 0.2) is 0 Å². The second-order valence-electron chi connectivity index (χ2n) is 4.74. The van der Waals surface area contributed by atoms with E-state index in [4.69, 9.17) is 0 Å². The summed E-state index contributed by atoms with van der Waals surface area (Å²) in [5.74, 6) is 1.18. The lowest BCUT2D eigenvalue weighted by Crippen LogP contribution is -2.35. The fraction of sp³-hybridized carbons (Fsp3) is 0.533. The molecule has 0 radical (unpaired) electrons. The van der Waals surface area contributed by atoms with Crippen LogP contribution >= 0.6 is 11.8 Å². The van der Waals surface area contributed by atoms with E-state index in [1.165, 1.54) is 11.1 Å². The van der Waals surface area contributed by atoms with Crippen LogP contribution in [0.5, 0.6) is 0 Å². The molecule has 0 saturated carbocycles. The highest BCUT2D eigenvalue weighted by Gasteiger charge is 2.26. The van der Waals surface area contributed by atoms with Crippen molar-refractivity contribution < 1.29 is 4.79 Å². The number of hydrogen-bond donors (Lipinski definition) is 2. The number of rotatable bonds is 6. The van der Waals surface area contributed by atoms with Crippen molar-refractivity contribution in [3.05, 3.63) is 35.4 Å². The number of carbonyl (C=O) groups excluding carboxylic acids is 1. The summed E-state index contributed by atoms with van der Waals surface area (Å²) >= 11 is 1.75. The first kappa shape index (κ1) is 14.4. The normalized spacial score (nSPS) is 17.8. The average Bonchev–Trinajstić information content (AvgIpc) is 2.46. The summed E-state index contributed by atoms with van der Waals surface area (Å²) in [5.41, 5.74) is 2.52. The molecule has 1 unspecified atom stereocenters. The van der Waals surface area contributed by atoms with E-state index in [1.807, 2.05) is 6.07 Å². The Morgan fingerprint density at radius 2 is 2.16 bits per heavy atom. The molecule has 0 saturated heterocycles. The molecular weight excluding hydrogens is 256 g/mol. The number of fused-ring (bicyclic) bond motifs is 1. The SMILES string of the molecule is CCCNCCNC(=O)C1SCCc2ccccc21. The summed E-state index contributed by atoms with van der Waals surface area (Å²) in [4.78, 5) is 12.2. The third-order valence-corrected chi connectivity index (χ3v) is 4.50. The molecule has 1 heterocycles. The largest absolute Gasteiger partial charge is 0.354 e. The van der Waals surface area contributed by atoms with Crippen LogP contribution < -0.4 is 10.6 Å². The van der Waals surface area contributed by atoms with Crippen LogP contribution in [0, 0.1) is 0 Å². The molecule has 1 aromatic carbocycles. The second kappa shape index (κ2) is 7.56. The Kier molecular flexibility index (Phi) is 5.73. The Morgan fingerprint density at radius 1 is 1.32 bits per heavy atom. The highest BCUT2D eigenvalue weighted by atomic mass is 32.2. The van der Waals surface area contributed by atoms with Gasteiger partial charge in [0.1, 0.15) is 5.25 Å². The molecule has 1 aliphatic heterocycles. The lowest BCUT2D eigenvalue weighted by molar-refractivity contribution is -0.120. The molecule has 0 fully saturated rings. The van der Waals surface area contributed by atoms with Crippen molar-refractivity contribution in [1.29, 1.82) is 0 Å². The fourth-order valence-electron chi connectivity index (χ4n) is 2.28. The third kappa shape index (κ3) is 3.98. The van der Waals surface area contributed by atoms with E-state index >= 15 is 0 Å². The highest BCUT2D eigenvalue weighted by Crippen LogP contribution is 2.36. The van der Waals surface area contributed by atoms with E-state index in [0.29, 0.717) is 6.54 Å². The molecule has 0 spiro atoms. The van der Waals surface area contributed by atoms with Crippen molar-refractivity contribution in [1.82, 2.24) is 10.6 Å². The van der Waals surface area contributed by atoms with Gasteiger partial charge in [0.25, 0.3) is 0 Å². The van der Waals surface area contributed by atoms with Crippen LogP contribution in [-0.4, -0.2) is 31.3 Å². The molecule has 2 rings (SSSR count). The lowest BCUT2D eigenvalue weighted by atomic mass is 10.0. The van der Waals surface area contributed by atoms with E-state index < -0.39 is 0 Å². The molecular formula is C15H22N2OS. The van der Waals surface area contributed by atoms with E-state index in [0.717, 1.165) is 31.7 Å². The zero-order valence-electron chi connectivity index (χ0n) is 11.4. The molecule has 1 amide bonds. The summed E-state index contributed by atoms with van der Waals surface area (Å²) < 4.78 is 0. The van der Waals surface area contributed by atoms with Crippen LogP contribution in [0.2, 0.25) is 0 Å². The van der Waals surface area contributed by atoms with Crippen molar-refractivity contribution in [2.45, 2.75) is 25.0 Å². The van der Waals surface area contributed by atoms with Gasteiger partial charge < -0.3 is 10.6 Å². The standard InChI is InChI=1S/C15H22N2OS/c1-2-8-16-9-10-17-15(18)14-13-6-4-3-5-12(13)7-11-19-14/h3-6,14,16H,2,7-11H2,1H3,(H,17,18). The molecule has 0 aromatic heterocycles. The minimum Gasteiger partial charge on any atom is -0.354 e. The first-order valence-corrected chi connectivity index (χ1v) is 8.05. The number of hydrogen-bond acceptors (Lipinski definition) is 3. The summed E-state index contributed by atoms with van der Waals surface area (Å²) in [5, 5.41) is 6.29. The quantitative estimate of drug-likeness (QED) is 0.783. The summed E-state index contributed by atoms with van der Waals surface area (Å²) in [6, 6.07) is 8.30. The Bertz CT molecular complexity index is 422. The monoisotopic (exact) mass is 278 g/mol.